The lowest BCUT2D eigenvalue weighted by atomic mass is 9.79. The predicted octanol–water partition coefficient (Wildman–Crippen LogP) is 3.90. The number of hydrogen-bond donors (Lipinski definition) is 0. The molecule has 0 bridgehead atoms. The third-order valence-corrected chi connectivity index (χ3v) is 5.59. The Hall–Kier alpha value is -2.37. The molecule has 0 atom stereocenters. The topological polar surface area (TPSA) is 36.3 Å². The van der Waals surface area contributed by atoms with Crippen LogP contribution >= 0.6 is 0 Å². The van der Waals surface area contributed by atoms with E-state index in [2.05, 4.69) is 75.4 Å². The summed E-state index contributed by atoms with van der Waals surface area (Å²) >= 11 is 0. The van der Waals surface area contributed by atoms with Crippen molar-refractivity contribution in [1.82, 2.24) is 9.78 Å². The molecule has 1 aliphatic rings. The summed E-state index contributed by atoms with van der Waals surface area (Å²) in [7, 11) is -0.321. The molecule has 1 aromatic heterocycles. The zero-order valence-electron chi connectivity index (χ0n) is 16.3. The number of rotatable bonds is 4. The Balaban J connectivity index is 1.46. The Bertz CT molecular complexity index is 901. The predicted molar refractivity (Wildman–Crippen MR) is 109 cm³/mol. The zero-order chi connectivity index (χ0) is 19.1. The van der Waals surface area contributed by atoms with Crippen molar-refractivity contribution in [1.29, 1.82) is 0 Å². The van der Waals surface area contributed by atoms with Crippen LogP contribution in [-0.4, -0.2) is 28.1 Å². The van der Waals surface area contributed by atoms with Gasteiger partial charge in [-0.2, -0.15) is 5.10 Å². The Labute approximate surface area is 161 Å². The second kappa shape index (κ2) is 6.66. The fourth-order valence-electron chi connectivity index (χ4n) is 3.18. The van der Waals surface area contributed by atoms with Crippen LogP contribution in [0.4, 0.5) is 0 Å². The van der Waals surface area contributed by atoms with E-state index in [1.54, 1.807) is 0 Å². The highest BCUT2D eigenvalue weighted by atomic mass is 16.7. The lowest BCUT2D eigenvalue weighted by Gasteiger charge is -2.32. The molecular formula is C22H25BN2O2. The van der Waals surface area contributed by atoms with E-state index in [-0.39, 0.29) is 18.3 Å². The van der Waals surface area contributed by atoms with Gasteiger partial charge < -0.3 is 9.31 Å². The Morgan fingerprint density at radius 1 is 0.852 bits per heavy atom. The molecule has 3 aromatic rings. The minimum Gasteiger partial charge on any atom is -0.399 e. The lowest BCUT2D eigenvalue weighted by molar-refractivity contribution is 0.00578. The highest BCUT2D eigenvalue weighted by molar-refractivity contribution is 6.62. The van der Waals surface area contributed by atoms with Crippen LogP contribution in [0.5, 0.6) is 0 Å². The summed E-state index contributed by atoms with van der Waals surface area (Å²) in [5, 5.41) is 4.49. The Kier molecular flexibility index (Phi) is 4.45. The molecule has 4 nitrogen and oxygen atoms in total. The second-order valence-electron chi connectivity index (χ2n) is 8.12. The molecule has 0 amide bonds. The van der Waals surface area contributed by atoms with E-state index in [1.165, 1.54) is 11.1 Å². The van der Waals surface area contributed by atoms with Gasteiger partial charge in [0, 0.05) is 11.8 Å². The molecule has 0 unspecified atom stereocenters. The van der Waals surface area contributed by atoms with Crippen LogP contribution < -0.4 is 5.46 Å². The molecule has 2 heterocycles. The summed E-state index contributed by atoms with van der Waals surface area (Å²) < 4.78 is 14.2. The molecule has 1 fully saturated rings. The first-order valence-electron chi connectivity index (χ1n) is 9.36. The maximum absolute atomic E-state index is 6.12. The fraction of sp³-hybridized carbons (Fsp3) is 0.318. The lowest BCUT2D eigenvalue weighted by Crippen LogP contribution is -2.41. The molecule has 0 N–H and O–H groups in total. The third kappa shape index (κ3) is 3.57. The standard InChI is InChI=1S/C22H25BN2O2/c1-21(2)22(3,4)27-23(26-21)20-12-10-17(11-13-20)15-25-16-19(14-24-25)18-8-6-5-7-9-18/h5-14,16H,15H2,1-4H3. The smallest absolute Gasteiger partial charge is 0.399 e. The van der Waals surface area contributed by atoms with Gasteiger partial charge in [-0.15, -0.1) is 0 Å². The van der Waals surface area contributed by atoms with Crippen molar-refractivity contribution in [3.05, 3.63) is 72.6 Å². The molecule has 2 aromatic carbocycles. The Morgan fingerprint density at radius 2 is 1.48 bits per heavy atom. The average Bonchev–Trinajstić information content (AvgIpc) is 3.18. The van der Waals surface area contributed by atoms with E-state index in [9.17, 15) is 0 Å². The van der Waals surface area contributed by atoms with Crippen molar-refractivity contribution in [2.45, 2.75) is 45.4 Å². The maximum atomic E-state index is 6.12. The van der Waals surface area contributed by atoms with Crippen LogP contribution in [-0.2, 0) is 15.9 Å². The Morgan fingerprint density at radius 3 is 2.11 bits per heavy atom. The minimum absolute atomic E-state index is 0.320. The van der Waals surface area contributed by atoms with Gasteiger partial charge >= 0.3 is 7.12 Å². The second-order valence-corrected chi connectivity index (χ2v) is 8.12. The summed E-state index contributed by atoms with van der Waals surface area (Å²) in [6.45, 7) is 9.02. The summed E-state index contributed by atoms with van der Waals surface area (Å²) in [6, 6.07) is 18.7. The molecule has 0 saturated carbocycles. The molecule has 0 radical (unpaired) electrons. The largest absolute Gasteiger partial charge is 0.494 e. The van der Waals surface area contributed by atoms with Gasteiger partial charge in [0.25, 0.3) is 0 Å². The van der Waals surface area contributed by atoms with Gasteiger partial charge in [0.05, 0.1) is 23.9 Å². The van der Waals surface area contributed by atoms with Crippen LogP contribution in [0.25, 0.3) is 11.1 Å². The third-order valence-electron chi connectivity index (χ3n) is 5.59. The summed E-state index contributed by atoms with van der Waals surface area (Å²) in [6.07, 6.45) is 3.99. The summed E-state index contributed by atoms with van der Waals surface area (Å²) in [5.74, 6) is 0. The van der Waals surface area contributed by atoms with Crippen LogP contribution in [0.2, 0.25) is 0 Å². The summed E-state index contributed by atoms with van der Waals surface area (Å²) in [4.78, 5) is 0. The van der Waals surface area contributed by atoms with E-state index in [0.29, 0.717) is 0 Å². The van der Waals surface area contributed by atoms with E-state index in [4.69, 9.17) is 9.31 Å². The fourth-order valence-corrected chi connectivity index (χ4v) is 3.18. The van der Waals surface area contributed by atoms with Crippen LogP contribution in [0, 0.1) is 0 Å². The van der Waals surface area contributed by atoms with Gasteiger partial charge in [-0.3, -0.25) is 4.68 Å². The first kappa shape index (κ1) is 18.0. The van der Waals surface area contributed by atoms with Gasteiger partial charge in [-0.1, -0.05) is 54.6 Å². The summed E-state index contributed by atoms with van der Waals surface area (Å²) in [5.41, 5.74) is 3.91. The molecule has 4 rings (SSSR count). The average molecular weight is 360 g/mol. The van der Waals surface area contributed by atoms with Gasteiger partial charge in [-0.25, -0.2) is 0 Å². The molecule has 5 heteroatoms. The molecule has 27 heavy (non-hydrogen) atoms. The highest BCUT2D eigenvalue weighted by Gasteiger charge is 2.51. The van der Waals surface area contributed by atoms with Gasteiger partial charge in [0.1, 0.15) is 0 Å². The first-order chi connectivity index (χ1) is 12.8. The van der Waals surface area contributed by atoms with E-state index >= 15 is 0 Å². The SMILES string of the molecule is CC1(C)OB(c2ccc(Cn3cc(-c4ccccc4)cn3)cc2)OC1(C)C. The van der Waals surface area contributed by atoms with Gasteiger partial charge in [0.2, 0.25) is 0 Å². The van der Waals surface area contributed by atoms with E-state index in [1.807, 2.05) is 29.1 Å². The monoisotopic (exact) mass is 360 g/mol. The van der Waals surface area contributed by atoms with Gasteiger partial charge in [-0.05, 0) is 44.3 Å². The van der Waals surface area contributed by atoms with Crippen LogP contribution in [0.15, 0.2) is 67.0 Å². The zero-order valence-corrected chi connectivity index (χ0v) is 16.3. The molecule has 1 saturated heterocycles. The van der Waals surface area contributed by atoms with Crippen molar-refractivity contribution < 1.29 is 9.31 Å². The minimum atomic E-state index is -0.321. The number of aromatic nitrogens is 2. The van der Waals surface area contributed by atoms with Crippen LogP contribution in [0.3, 0.4) is 0 Å². The van der Waals surface area contributed by atoms with Crippen molar-refractivity contribution in [2.24, 2.45) is 0 Å². The molecule has 0 aliphatic carbocycles. The number of hydrogen-bond acceptors (Lipinski definition) is 3. The number of nitrogens with zero attached hydrogens (tertiary/aromatic N) is 2. The molecule has 1 aliphatic heterocycles. The highest BCUT2D eigenvalue weighted by Crippen LogP contribution is 2.36. The van der Waals surface area contributed by atoms with E-state index < -0.39 is 0 Å². The van der Waals surface area contributed by atoms with Crippen molar-refractivity contribution in [3.8, 4) is 11.1 Å². The van der Waals surface area contributed by atoms with Crippen molar-refractivity contribution >= 4 is 12.6 Å². The van der Waals surface area contributed by atoms with Crippen LogP contribution in [0.1, 0.15) is 33.3 Å². The molecule has 0 spiro atoms. The molecule has 138 valence electrons. The normalized spacial score (nSPS) is 18.0. The molecular weight excluding hydrogens is 335 g/mol. The number of benzene rings is 2. The quantitative estimate of drug-likeness (QED) is 0.662. The first-order valence-corrected chi connectivity index (χ1v) is 9.36. The van der Waals surface area contributed by atoms with Crippen molar-refractivity contribution in [3.63, 3.8) is 0 Å². The van der Waals surface area contributed by atoms with E-state index in [0.717, 1.165) is 17.6 Å². The van der Waals surface area contributed by atoms with Crippen molar-refractivity contribution in [2.75, 3.05) is 0 Å². The van der Waals surface area contributed by atoms with Gasteiger partial charge in [0.15, 0.2) is 0 Å². The maximum Gasteiger partial charge on any atom is 0.494 e.